The Morgan fingerprint density at radius 1 is 1.43 bits per heavy atom. The van der Waals surface area contributed by atoms with Crippen LogP contribution in [0.15, 0.2) is 0 Å². The molecule has 0 aromatic carbocycles. The van der Waals surface area contributed by atoms with Crippen LogP contribution in [-0.2, 0) is 10.8 Å². The summed E-state index contributed by atoms with van der Waals surface area (Å²) in [6.45, 7) is 0. The number of alkyl halides is 3. The molecule has 5 heteroatoms. The van der Waals surface area contributed by atoms with Gasteiger partial charge in [-0.25, -0.2) is 0 Å². The molecule has 0 aromatic rings. The van der Waals surface area contributed by atoms with E-state index in [0.717, 1.165) is 0 Å². The smallest absolute Gasteiger partial charge is 0.251 e. The van der Waals surface area contributed by atoms with Gasteiger partial charge in [0.25, 0.3) is 0 Å². The minimum atomic E-state index is -4.53. The Hall–Kier alpha value is -0.0600. The van der Waals surface area contributed by atoms with Crippen LogP contribution in [0.4, 0.5) is 13.2 Å². The SMILES string of the molecule is C[S@](=O)C(F)(F)F. The molecule has 0 unspecified atom stereocenters. The Balaban J connectivity index is 3.79. The summed E-state index contributed by atoms with van der Waals surface area (Å²) in [5.41, 5.74) is -4.53. The molecule has 0 saturated carbocycles. The summed E-state index contributed by atoms with van der Waals surface area (Å²) in [6, 6.07) is 0. The van der Waals surface area contributed by atoms with Crippen molar-refractivity contribution in [3.63, 3.8) is 0 Å². The van der Waals surface area contributed by atoms with Crippen molar-refractivity contribution in [2.45, 2.75) is 5.51 Å². The first-order chi connectivity index (χ1) is 2.94. The minimum absolute atomic E-state index is 0.597. The third-order valence-electron chi connectivity index (χ3n) is 0.326. The molecule has 0 N–H and O–H groups in total. The van der Waals surface area contributed by atoms with E-state index in [4.69, 9.17) is 0 Å². The van der Waals surface area contributed by atoms with E-state index in [0.29, 0.717) is 6.26 Å². The Labute approximate surface area is 41.0 Å². The van der Waals surface area contributed by atoms with Crippen LogP contribution in [0.5, 0.6) is 0 Å². The Bertz CT molecular complexity index is 85.4. The summed E-state index contributed by atoms with van der Waals surface area (Å²) in [4.78, 5) is 0. The number of hydrogen-bond donors (Lipinski definition) is 0. The first kappa shape index (κ1) is 6.94. The molecule has 0 rings (SSSR count). The molecule has 1 atom stereocenters. The Morgan fingerprint density at radius 2 is 1.57 bits per heavy atom. The predicted molar refractivity (Wildman–Crippen MR) is 20.1 cm³/mol. The molecule has 0 aliphatic carbocycles. The molecule has 0 bridgehead atoms. The zero-order valence-electron chi connectivity index (χ0n) is 3.45. The van der Waals surface area contributed by atoms with Crippen LogP contribution in [0.3, 0.4) is 0 Å². The highest BCUT2D eigenvalue weighted by atomic mass is 32.2. The van der Waals surface area contributed by atoms with Gasteiger partial charge in [-0.2, -0.15) is 13.2 Å². The molecule has 7 heavy (non-hydrogen) atoms. The maximum absolute atomic E-state index is 10.9. The molecular weight excluding hydrogens is 129 g/mol. The van der Waals surface area contributed by atoms with Crippen molar-refractivity contribution in [3.05, 3.63) is 0 Å². The molecular formula is C2H3F3OS. The molecule has 0 aromatic heterocycles. The van der Waals surface area contributed by atoms with E-state index in [1.807, 2.05) is 0 Å². The largest absolute Gasteiger partial charge is 0.470 e. The molecule has 0 fully saturated rings. The van der Waals surface area contributed by atoms with Crippen LogP contribution in [0, 0.1) is 0 Å². The fourth-order valence-electron chi connectivity index (χ4n) is 0. The van der Waals surface area contributed by atoms with Crippen LogP contribution >= 0.6 is 0 Å². The zero-order chi connectivity index (χ0) is 6.08. The number of halogens is 3. The van der Waals surface area contributed by atoms with Crippen molar-refractivity contribution in [1.82, 2.24) is 0 Å². The second-order valence-electron chi connectivity index (χ2n) is 0.900. The van der Waals surface area contributed by atoms with Crippen molar-refractivity contribution in [1.29, 1.82) is 0 Å². The molecule has 0 heterocycles. The first-order valence-electron chi connectivity index (χ1n) is 1.35. The van der Waals surface area contributed by atoms with E-state index >= 15 is 0 Å². The van der Waals surface area contributed by atoms with Crippen molar-refractivity contribution in [2.75, 3.05) is 6.26 Å². The van der Waals surface area contributed by atoms with Gasteiger partial charge in [0.05, 0.1) is 0 Å². The maximum Gasteiger partial charge on any atom is 0.470 e. The quantitative estimate of drug-likeness (QED) is 0.478. The lowest BCUT2D eigenvalue weighted by Gasteiger charge is -1.96. The van der Waals surface area contributed by atoms with E-state index in [2.05, 4.69) is 0 Å². The summed E-state index contributed by atoms with van der Waals surface area (Å²) in [6.07, 6.45) is 0.597. The molecule has 0 radical (unpaired) electrons. The third kappa shape index (κ3) is 2.61. The minimum Gasteiger partial charge on any atom is -0.251 e. The van der Waals surface area contributed by atoms with E-state index < -0.39 is 16.3 Å². The summed E-state index contributed by atoms with van der Waals surface area (Å²) >= 11 is 0. The average molecular weight is 132 g/mol. The zero-order valence-corrected chi connectivity index (χ0v) is 4.27. The number of hydrogen-bond acceptors (Lipinski definition) is 1. The van der Waals surface area contributed by atoms with Gasteiger partial charge in [-0.1, -0.05) is 0 Å². The fourth-order valence-corrected chi connectivity index (χ4v) is 0. The van der Waals surface area contributed by atoms with Crippen LogP contribution in [0.25, 0.3) is 0 Å². The molecule has 0 aliphatic heterocycles. The van der Waals surface area contributed by atoms with Gasteiger partial charge in [-0.3, -0.25) is 4.21 Å². The normalized spacial score (nSPS) is 16.6. The van der Waals surface area contributed by atoms with Gasteiger partial charge < -0.3 is 0 Å². The molecule has 0 aliphatic rings. The van der Waals surface area contributed by atoms with E-state index in [1.165, 1.54) is 0 Å². The van der Waals surface area contributed by atoms with Crippen LogP contribution in [-0.4, -0.2) is 16.0 Å². The summed E-state index contributed by atoms with van der Waals surface area (Å²) in [5.74, 6) is 0. The monoisotopic (exact) mass is 132 g/mol. The van der Waals surface area contributed by atoms with Crippen molar-refractivity contribution >= 4 is 10.8 Å². The van der Waals surface area contributed by atoms with Crippen molar-refractivity contribution < 1.29 is 17.4 Å². The second-order valence-corrected chi connectivity index (χ2v) is 2.27. The average Bonchev–Trinajstić information content (AvgIpc) is 1.31. The highest BCUT2D eigenvalue weighted by Gasteiger charge is 2.32. The molecule has 0 spiro atoms. The Kier molecular flexibility index (Phi) is 1.80. The molecule has 44 valence electrons. The van der Waals surface area contributed by atoms with Crippen LogP contribution < -0.4 is 0 Å². The number of rotatable bonds is 0. The fraction of sp³-hybridized carbons (Fsp3) is 1.00. The van der Waals surface area contributed by atoms with E-state index in [9.17, 15) is 17.4 Å². The van der Waals surface area contributed by atoms with Crippen LogP contribution in [0.1, 0.15) is 0 Å². The molecule has 1 nitrogen and oxygen atoms in total. The predicted octanol–water partition coefficient (Wildman–Crippen LogP) is 0.885. The molecule has 0 amide bonds. The lowest BCUT2D eigenvalue weighted by Crippen LogP contribution is -2.13. The summed E-state index contributed by atoms with van der Waals surface area (Å²) in [7, 11) is -2.68. The highest BCUT2D eigenvalue weighted by molar-refractivity contribution is 7.85. The standard InChI is InChI=1S/C2H3F3OS/c1-7(6)2(3,4)5/h1H3/t7-/m0/s1. The van der Waals surface area contributed by atoms with E-state index in [1.54, 1.807) is 0 Å². The van der Waals surface area contributed by atoms with E-state index in [-0.39, 0.29) is 0 Å². The second kappa shape index (κ2) is 1.81. The first-order valence-corrected chi connectivity index (χ1v) is 2.90. The lowest BCUT2D eigenvalue weighted by molar-refractivity contribution is -0.0379. The van der Waals surface area contributed by atoms with Crippen molar-refractivity contribution in [3.8, 4) is 0 Å². The topological polar surface area (TPSA) is 17.1 Å². The summed E-state index contributed by atoms with van der Waals surface area (Å²) in [5, 5.41) is 0. The maximum atomic E-state index is 10.9. The van der Waals surface area contributed by atoms with Crippen molar-refractivity contribution in [2.24, 2.45) is 0 Å². The highest BCUT2D eigenvalue weighted by Crippen LogP contribution is 2.17. The van der Waals surface area contributed by atoms with Crippen LogP contribution in [0.2, 0.25) is 0 Å². The van der Waals surface area contributed by atoms with Gasteiger partial charge >= 0.3 is 5.51 Å². The Morgan fingerprint density at radius 3 is 1.57 bits per heavy atom. The van der Waals surface area contributed by atoms with Gasteiger partial charge in [-0.05, 0) is 0 Å². The van der Waals surface area contributed by atoms with Gasteiger partial charge in [0.15, 0.2) is 0 Å². The lowest BCUT2D eigenvalue weighted by atomic mass is 11.6. The van der Waals surface area contributed by atoms with Gasteiger partial charge in [0.1, 0.15) is 10.8 Å². The van der Waals surface area contributed by atoms with Gasteiger partial charge in [0.2, 0.25) is 0 Å². The van der Waals surface area contributed by atoms with Gasteiger partial charge in [-0.15, -0.1) is 0 Å². The summed E-state index contributed by atoms with van der Waals surface area (Å²) < 4.78 is 42.1. The molecule has 0 saturated heterocycles. The van der Waals surface area contributed by atoms with Gasteiger partial charge in [0, 0.05) is 6.26 Å². The third-order valence-corrected chi connectivity index (χ3v) is 0.978.